The van der Waals surface area contributed by atoms with Crippen molar-refractivity contribution >= 4 is 5.91 Å². The van der Waals surface area contributed by atoms with Gasteiger partial charge in [0, 0.05) is 0 Å². The molecule has 0 saturated carbocycles. The number of aliphatic hydroxyl groups excluding tert-OH is 6. The maximum absolute atomic E-state index is 13.1. The Hall–Kier alpha value is -1.37. The summed E-state index contributed by atoms with van der Waals surface area (Å²) in [6.07, 6.45) is 30.6. The minimum absolute atomic E-state index is 0.307. The first kappa shape index (κ1) is 53.6. The van der Waals surface area contributed by atoms with Crippen molar-refractivity contribution in [2.45, 2.75) is 256 Å². The monoisotopic (exact) mass is 812 g/mol. The van der Waals surface area contributed by atoms with E-state index >= 15 is 0 Å². The molecule has 0 aromatic heterocycles. The van der Waals surface area contributed by atoms with Gasteiger partial charge in [-0.15, -0.1) is 0 Å². The molecular formula is C47H89NO9. The number of allylic oxidation sites excluding steroid dienone is 3. The molecule has 1 fully saturated rings. The lowest BCUT2D eigenvalue weighted by atomic mass is 9.99. The molecule has 1 amide bonds. The first-order valence-corrected chi connectivity index (χ1v) is 23.6. The lowest BCUT2D eigenvalue weighted by Gasteiger charge is -2.40. The topological polar surface area (TPSA) is 169 Å². The van der Waals surface area contributed by atoms with E-state index in [1.54, 1.807) is 6.08 Å². The number of carbonyl (C=O) groups is 1. The van der Waals surface area contributed by atoms with Crippen LogP contribution in [0.25, 0.3) is 0 Å². The summed E-state index contributed by atoms with van der Waals surface area (Å²) in [6, 6.07) is -0.995. The van der Waals surface area contributed by atoms with Crippen LogP contribution in [0.2, 0.25) is 0 Å². The van der Waals surface area contributed by atoms with Crippen molar-refractivity contribution in [3.63, 3.8) is 0 Å². The van der Waals surface area contributed by atoms with Crippen LogP contribution in [0.1, 0.15) is 207 Å². The van der Waals surface area contributed by atoms with E-state index in [-0.39, 0.29) is 6.61 Å². The summed E-state index contributed by atoms with van der Waals surface area (Å²) in [7, 11) is 0. The number of amides is 1. The Morgan fingerprint density at radius 1 is 0.667 bits per heavy atom. The van der Waals surface area contributed by atoms with E-state index in [0.717, 1.165) is 32.1 Å². The Balaban J connectivity index is 2.45. The summed E-state index contributed by atoms with van der Waals surface area (Å²) in [6.45, 7) is 5.74. The van der Waals surface area contributed by atoms with Gasteiger partial charge in [-0.2, -0.15) is 0 Å². The van der Waals surface area contributed by atoms with Gasteiger partial charge in [0.2, 0.25) is 5.91 Å². The van der Waals surface area contributed by atoms with Crippen LogP contribution >= 0.6 is 0 Å². The van der Waals surface area contributed by atoms with Gasteiger partial charge in [-0.1, -0.05) is 192 Å². The van der Waals surface area contributed by atoms with Crippen LogP contribution in [-0.4, -0.2) is 98.7 Å². The number of hydrogen-bond donors (Lipinski definition) is 7. The molecule has 1 aliphatic heterocycles. The third kappa shape index (κ3) is 27.2. The molecule has 1 rings (SSSR count). The van der Waals surface area contributed by atoms with Crippen molar-refractivity contribution in [2.24, 2.45) is 0 Å². The second-order valence-electron chi connectivity index (χ2n) is 16.9. The van der Waals surface area contributed by atoms with Gasteiger partial charge in [0.05, 0.1) is 25.4 Å². The molecule has 0 aromatic carbocycles. The Bertz CT molecular complexity index is 992. The van der Waals surface area contributed by atoms with Gasteiger partial charge in [0.15, 0.2) is 6.29 Å². The van der Waals surface area contributed by atoms with Crippen molar-refractivity contribution in [1.29, 1.82) is 0 Å². The number of aliphatic hydroxyl groups is 6. The highest BCUT2D eigenvalue weighted by molar-refractivity contribution is 5.80. The lowest BCUT2D eigenvalue weighted by molar-refractivity contribution is -0.302. The molecule has 57 heavy (non-hydrogen) atoms. The highest BCUT2D eigenvalue weighted by Gasteiger charge is 2.44. The van der Waals surface area contributed by atoms with Gasteiger partial charge >= 0.3 is 0 Å². The predicted octanol–water partition coefficient (Wildman–Crippen LogP) is 8.86. The first-order valence-electron chi connectivity index (χ1n) is 23.6. The van der Waals surface area contributed by atoms with Gasteiger partial charge in [-0.05, 0) is 39.0 Å². The fraction of sp³-hybridized carbons (Fsp3) is 0.894. The molecule has 0 aromatic rings. The fourth-order valence-corrected chi connectivity index (χ4v) is 7.54. The summed E-state index contributed by atoms with van der Waals surface area (Å²) >= 11 is 0. The Labute approximate surface area is 348 Å². The second kappa shape index (κ2) is 36.5. The highest BCUT2D eigenvalue weighted by atomic mass is 16.7. The van der Waals surface area contributed by atoms with Crippen LogP contribution in [-0.2, 0) is 14.3 Å². The Morgan fingerprint density at radius 3 is 1.63 bits per heavy atom. The maximum atomic E-state index is 13.1. The van der Waals surface area contributed by atoms with Crippen LogP contribution < -0.4 is 5.32 Å². The number of unbranched alkanes of at least 4 members (excludes halogenated alkanes) is 24. The molecular weight excluding hydrogens is 723 g/mol. The zero-order valence-electron chi connectivity index (χ0n) is 36.7. The summed E-state index contributed by atoms with van der Waals surface area (Å²) in [5.41, 5.74) is 1.36. The summed E-state index contributed by atoms with van der Waals surface area (Å²) in [5.74, 6) is -0.624. The zero-order chi connectivity index (χ0) is 41.9. The summed E-state index contributed by atoms with van der Waals surface area (Å²) in [4.78, 5) is 13.1. The number of nitrogens with one attached hydrogen (secondary N) is 1. The van der Waals surface area contributed by atoms with Crippen LogP contribution in [0, 0.1) is 0 Å². The summed E-state index contributed by atoms with van der Waals surface area (Å²) < 4.78 is 11.1. The minimum atomic E-state index is -1.61. The molecule has 1 heterocycles. The number of ether oxygens (including phenoxy) is 2. The molecule has 1 saturated heterocycles. The molecule has 0 aliphatic carbocycles. The van der Waals surface area contributed by atoms with Gasteiger partial charge in [0.25, 0.3) is 0 Å². The van der Waals surface area contributed by atoms with E-state index in [9.17, 15) is 35.4 Å². The third-order valence-corrected chi connectivity index (χ3v) is 11.5. The normalized spacial score (nSPS) is 21.9. The largest absolute Gasteiger partial charge is 0.394 e. The SMILES string of the molecule is CCCCCCCCCCCCCCCCCCCC[C@@H](O)C(=O)N[C@@H](COC1OC(CO)C(O)C(O)C1O)[C@H](O)/C=C/CC/C=C(\C)CCCCCCCCC. The van der Waals surface area contributed by atoms with Crippen molar-refractivity contribution in [3.05, 3.63) is 23.8 Å². The molecule has 0 bridgehead atoms. The first-order chi connectivity index (χ1) is 27.7. The molecule has 7 N–H and O–H groups in total. The standard InChI is InChI=1S/C47H89NO9/c1-4-6-8-10-12-13-14-15-16-17-18-19-20-21-22-24-26-30-35-41(51)46(55)48-39(37-56-47-45(54)44(53)43(52)42(36-49)57-47)40(50)34-31-27-29-33-38(3)32-28-25-23-11-9-7-5-2/h31,33-34,39-45,47,49-54H,4-30,32,35-37H2,1-3H3,(H,48,55)/b34-31+,38-33+/t39-,40+,41+,42?,43?,44?,45?,47?/m0/s1. The average Bonchev–Trinajstić information content (AvgIpc) is 3.20. The Kier molecular flexibility index (Phi) is 34.3. The van der Waals surface area contributed by atoms with Gasteiger partial charge in [-0.3, -0.25) is 4.79 Å². The van der Waals surface area contributed by atoms with Crippen molar-refractivity contribution < 1.29 is 44.9 Å². The third-order valence-electron chi connectivity index (χ3n) is 11.5. The van der Waals surface area contributed by atoms with E-state index in [2.05, 4.69) is 32.2 Å². The van der Waals surface area contributed by atoms with E-state index in [1.165, 1.54) is 140 Å². The van der Waals surface area contributed by atoms with Crippen molar-refractivity contribution in [3.8, 4) is 0 Å². The van der Waals surface area contributed by atoms with Gasteiger partial charge in [-0.25, -0.2) is 0 Å². The van der Waals surface area contributed by atoms with E-state index < -0.39 is 61.5 Å². The molecule has 0 spiro atoms. The second-order valence-corrected chi connectivity index (χ2v) is 16.9. The molecule has 336 valence electrons. The summed E-state index contributed by atoms with van der Waals surface area (Å²) in [5, 5.41) is 64.7. The van der Waals surface area contributed by atoms with Crippen molar-refractivity contribution in [2.75, 3.05) is 13.2 Å². The molecule has 5 unspecified atom stereocenters. The predicted molar refractivity (Wildman–Crippen MR) is 232 cm³/mol. The molecule has 0 radical (unpaired) electrons. The van der Waals surface area contributed by atoms with Crippen LogP contribution in [0.4, 0.5) is 0 Å². The van der Waals surface area contributed by atoms with E-state index in [4.69, 9.17) is 9.47 Å². The fourth-order valence-electron chi connectivity index (χ4n) is 7.54. The minimum Gasteiger partial charge on any atom is -0.394 e. The van der Waals surface area contributed by atoms with E-state index in [1.807, 2.05) is 6.08 Å². The van der Waals surface area contributed by atoms with Crippen LogP contribution in [0.15, 0.2) is 23.8 Å². The number of carbonyl (C=O) groups excluding carboxylic acids is 1. The average molecular weight is 812 g/mol. The smallest absolute Gasteiger partial charge is 0.249 e. The van der Waals surface area contributed by atoms with Crippen molar-refractivity contribution in [1.82, 2.24) is 5.32 Å². The van der Waals surface area contributed by atoms with Gasteiger partial charge in [0.1, 0.15) is 30.5 Å². The van der Waals surface area contributed by atoms with E-state index in [0.29, 0.717) is 19.3 Å². The molecule has 10 nitrogen and oxygen atoms in total. The zero-order valence-corrected chi connectivity index (χ0v) is 36.7. The van der Waals surface area contributed by atoms with Crippen LogP contribution in [0.5, 0.6) is 0 Å². The van der Waals surface area contributed by atoms with Crippen LogP contribution in [0.3, 0.4) is 0 Å². The quantitative estimate of drug-likeness (QED) is 0.0238. The Morgan fingerprint density at radius 2 is 1.14 bits per heavy atom. The molecule has 8 atom stereocenters. The number of rotatable bonds is 38. The van der Waals surface area contributed by atoms with Gasteiger partial charge < -0.3 is 45.4 Å². The highest BCUT2D eigenvalue weighted by Crippen LogP contribution is 2.23. The molecule has 1 aliphatic rings. The maximum Gasteiger partial charge on any atom is 0.249 e. The number of hydrogen-bond acceptors (Lipinski definition) is 9. The molecule has 10 heteroatoms. The lowest BCUT2D eigenvalue weighted by Crippen LogP contribution is -2.60.